The number of hydrogen-bond donors (Lipinski definition) is 3. The summed E-state index contributed by atoms with van der Waals surface area (Å²) in [6.07, 6.45) is -4.13. The Hall–Kier alpha value is -3.68. The first-order valence-corrected chi connectivity index (χ1v) is 15.5. The summed E-state index contributed by atoms with van der Waals surface area (Å²) >= 11 is 0. The summed E-state index contributed by atoms with van der Waals surface area (Å²) < 4.78 is 95.2. The second kappa shape index (κ2) is 17.0. The number of rotatable bonds is 4. The summed E-state index contributed by atoms with van der Waals surface area (Å²) in [5.74, 6) is -7.21. The number of fused-ring (bicyclic) bond motifs is 2. The molecule has 50 heavy (non-hydrogen) atoms. The predicted molar refractivity (Wildman–Crippen MR) is 155 cm³/mol. The molecule has 1 aromatic heterocycles. The Morgan fingerprint density at radius 2 is 1.26 bits per heavy atom. The van der Waals surface area contributed by atoms with Gasteiger partial charge in [0.05, 0.1) is 5.41 Å². The molecule has 3 N–H and O–H groups in total. The molecule has 1 spiro atoms. The fraction of sp³-hybridized carbons (Fsp3) is 0.700. The Morgan fingerprint density at radius 1 is 0.780 bits per heavy atom. The summed E-state index contributed by atoms with van der Waals surface area (Å²) in [5.41, 5.74) is 1.60. The normalized spacial score (nSPS) is 23.4. The van der Waals surface area contributed by atoms with Crippen LogP contribution < -0.4 is 0 Å². The lowest BCUT2D eigenvalue weighted by Gasteiger charge is -2.45. The quantitative estimate of drug-likeness (QED) is 0.364. The van der Waals surface area contributed by atoms with Crippen LogP contribution in [0.2, 0.25) is 0 Å². The lowest BCUT2D eigenvalue weighted by Crippen LogP contribution is -2.49. The van der Waals surface area contributed by atoms with Gasteiger partial charge in [-0.1, -0.05) is 13.0 Å². The number of likely N-dealkylation sites (tertiary alicyclic amines) is 3. The van der Waals surface area contributed by atoms with Crippen molar-refractivity contribution in [3.63, 3.8) is 0 Å². The minimum Gasteiger partial charge on any atom is -0.475 e. The molecule has 2 atom stereocenters. The highest BCUT2D eigenvalue weighted by molar-refractivity contribution is 5.84. The summed E-state index contributed by atoms with van der Waals surface area (Å²) in [6.45, 7) is 10.8. The van der Waals surface area contributed by atoms with Gasteiger partial charge < -0.3 is 25.1 Å². The molecule has 0 radical (unpaired) electrons. The highest BCUT2D eigenvalue weighted by atomic mass is 19.4. The van der Waals surface area contributed by atoms with E-state index in [0.717, 1.165) is 58.8 Å². The molecule has 3 aliphatic heterocycles. The first kappa shape index (κ1) is 42.5. The van der Waals surface area contributed by atoms with Crippen molar-refractivity contribution < 1.29 is 74.0 Å². The number of carboxylic acids is 3. The third kappa shape index (κ3) is 11.4. The molecule has 0 unspecified atom stereocenters. The average molecular weight is 739 g/mol. The van der Waals surface area contributed by atoms with E-state index in [0.29, 0.717) is 17.2 Å². The van der Waals surface area contributed by atoms with Gasteiger partial charge in [0, 0.05) is 45.1 Å². The van der Waals surface area contributed by atoms with E-state index in [1.54, 1.807) is 0 Å². The number of carboxylic acid groups (broad SMARTS) is 3. The summed E-state index contributed by atoms with van der Waals surface area (Å²) in [4.78, 5) is 52.1. The molecule has 5 rings (SSSR count). The zero-order valence-corrected chi connectivity index (χ0v) is 27.0. The lowest BCUT2D eigenvalue weighted by atomic mass is 9.65. The monoisotopic (exact) mass is 738 g/mol. The number of aliphatic carboxylic acids is 3. The van der Waals surface area contributed by atoms with Crippen molar-refractivity contribution in [2.24, 2.45) is 16.7 Å². The molecule has 1 saturated carbocycles. The molecular weight excluding hydrogens is 699 g/mol. The van der Waals surface area contributed by atoms with Crippen LogP contribution in [0.4, 0.5) is 39.5 Å². The molecule has 4 heterocycles. The maximum atomic E-state index is 13.7. The SMILES string of the molecule is CCN1C[C@H]2C3(CCN(Cc4cccnc4)CC3)CC[C@@]2(C(=O)N2CCCC2)C1.O=C(O)C(F)(F)F.O=C(O)C(F)(F)F.O=C(O)C(F)(F)F. The molecule has 1 amide bonds. The third-order valence-electron chi connectivity index (χ3n) is 9.40. The first-order chi connectivity index (χ1) is 23.0. The highest BCUT2D eigenvalue weighted by Crippen LogP contribution is 2.62. The van der Waals surface area contributed by atoms with Crippen LogP contribution in [0.15, 0.2) is 24.5 Å². The van der Waals surface area contributed by atoms with Gasteiger partial charge in [-0.25, -0.2) is 14.4 Å². The topological polar surface area (TPSA) is 152 Å². The molecule has 20 heteroatoms. The van der Waals surface area contributed by atoms with E-state index in [1.807, 2.05) is 18.5 Å². The van der Waals surface area contributed by atoms with E-state index < -0.39 is 36.4 Å². The summed E-state index contributed by atoms with van der Waals surface area (Å²) in [7, 11) is 0. The zero-order chi connectivity index (χ0) is 38.1. The number of carbonyl (C=O) groups is 4. The number of piperidine rings is 1. The molecule has 0 bridgehead atoms. The number of aromatic nitrogens is 1. The molecule has 3 saturated heterocycles. The van der Waals surface area contributed by atoms with E-state index in [9.17, 15) is 44.3 Å². The smallest absolute Gasteiger partial charge is 0.475 e. The van der Waals surface area contributed by atoms with E-state index >= 15 is 0 Å². The Morgan fingerprint density at radius 3 is 1.66 bits per heavy atom. The molecular formula is C30H39F9N4O7. The second-order valence-electron chi connectivity index (χ2n) is 12.4. The van der Waals surface area contributed by atoms with Gasteiger partial charge in [-0.05, 0) is 81.1 Å². The average Bonchev–Trinajstić information content (AvgIpc) is 3.76. The molecule has 1 aromatic rings. The van der Waals surface area contributed by atoms with Gasteiger partial charge in [-0.15, -0.1) is 0 Å². The number of carbonyl (C=O) groups excluding carboxylic acids is 1. The number of halogens is 9. The third-order valence-corrected chi connectivity index (χ3v) is 9.40. The second-order valence-corrected chi connectivity index (χ2v) is 12.4. The molecule has 284 valence electrons. The van der Waals surface area contributed by atoms with Crippen molar-refractivity contribution in [3.05, 3.63) is 30.1 Å². The van der Waals surface area contributed by atoms with Gasteiger partial charge in [0.15, 0.2) is 0 Å². The predicted octanol–water partition coefficient (Wildman–Crippen LogP) is 4.92. The van der Waals surface area contributed by atoms with Crippen LogP contribution in [0.25, 0.3) is 0 Å². The van der Waals surface area contributed by atoms with E-state index in [4.69, 9.17) is 29.7 Å². The van der Waals surface area contributed by atoms with Crippen LogP contribution in [-0.4, -0.2) is 123 Å². The Labute approximate surface area is 281 Å². The molecule has 4 aliphatic rings. The maximum Gasteiger partial charge on any atom is 0.490 e. The molecule has 4 fully saturated rings. The van der Waals surface area contributed by atoms with E-state index in [2.05, 4.69) is 32.7 Å². The molecule has 11 nitrogen and oxygen atoms in total. The van der Waals surface area contributed by atoms with Crippen LogP contribution in [0.5, 0.6) is 0 Å². The van der Waals surface area contributed by atoms with Crippen molar-refractivity contribution in [1.82, 2.24) is 19.7 Å². The Kier molecular flexibility index (Phi) is 14.5. The van der Waals surface area contributed by atoms with Crippen molar-refractivity contribution in [2.75, 3.05) is 45.8 Å². The van der Waals surface area contributed by atoms with Gasteiger partial charge in [-0.3, -0.25) is 14.7 Å². The van der Waals surface area contributed by atoms with Crippen molar-refractivity contribution in [3.8, 4) is 0 Å². The number of amides is 1. The number of nitrogens with zero attached hydrogens (tertiary/aromatic N) is 4. The van der Waals surface area contributed by atoms with Crippen LogP contribution in [-0.2, 0) is 25.7 Å². The van der Waals surface area contributed by atoms with Gasteiger partial charge in [0.2, 0.25) is 5.91 Å². The number of alkyl halides is 9. The van der Waals surface area contributed by atoms with Gasteiger partial charge >= 0.3 is 36.4 Å². The van der Waals surface area contributed by atoms with Gasteiger partial charge in [-0.2, -0.15) is 39.5 Å². The van der Waals surface area contributed by atoms with Gasteiger partial charge in [0.1, 0.15) is 0 Å². The van der Waals surface area contributed by atoms with Gasteiger partial charge in [0.25, 0.3) is 0 Å². The minimum absolute atomic E-state index is 0.0914. The summed E-state index contributed by atoms with van der Waals surface area (Å²) in [6, 6.07) is 4.22. The van der Waals surface area contributed by atoms with Crippen LogP contribution in [0, 0.1) is 16.7 Å². The maximum absolute atomic E-state index is 13.7. The van der Waals surface area contributed by atoms with Crippen molar-refractivity contribution in [1.29, 1.82) is 0 Å². The zero-order valence-electron chi connectivity index (χ0n) is 27.0. The Balaban J connectivity index is 0.000000338. The number of pyridine rings is 1. The van der Waals surface area contributed by atoms with Crippen molar-refractivity contribution >= 4 is 23.8 Å². The first-order valence-electron chi connectivity index (χ1n) is 15.5. The fourth-order valence-electron chi connectivity index (χ4n) is 6.99. The summed E-state index contributed by atoms with van der Waals surface area (Å²) in [5, 5.41) is 21.4. The standard InChI is InChI=1S/C24H36N4O.3C2HF3O2/c1-2-26-18-21-23(7-8-24(21,19-26)22(29)28-12-3-4-13-28)9-14-27(15-10-23)17-20-6-5-11-25-16-20;3*3-2(4,5)1(6)7/h5-6,11,16,21H,2-4,7-10,12-15,17-19H2,1H3;3*(H,6,7)/t21-,24+;;;/m0.../s1. The minimum atomic E-state index is -5.08. The van der Waals surface area contributed by atoms with E-state index in [-0.39, 0.29) is 5.41 Å². The fourth-order valence-corrected chi connectivity index (χ4v) is 6.99. The number of hydrogen-bond acceptors (Lipinski definition) is 7. The van der Waals surface area contributed by atoms with Crippen molar-refractivity contribution in [2.45, 2.75) is 70.5 Å². The highest BCUT2D eigenvalue weighted by Gasteiger charge is 2.64. The van der Waals surface area contributed by atoms with E-state index in [1.165, 1.54) is 37.7 Å². The van der Waals surface area contributed by atoms with Crippen LogP contribution in [0.1, 0.15) is 51.0 Å². The molecule has 0 aromatic carbocycles. The van der Waals surface area contributed by atoms with Crippen LogP contribution >= 0.6 is 0 Å². The lowest BCUT2D eigenvalue weighted by molar-refractivity contribution is -0.193. The largest absolute Gasteiger partial charge is 0.490 e. The molecule has 1 aliphatic carbocycles. The van der Waals surface area contributed by atoms with Crippen LogP contribution in [0.3, 0.4) is 0 Å². The Bertz CT molecular complexity index is 1240.